The first-order chi connectivity index (χ1) is 17.3. The van der Waals surface area contributed by atoms with Gasteiger partial charge in [-0.2, -0.15) is 0 Å². The lowest BCUT2D eigenvalue weighted by atomic mass is 9.93. The van der Waals surface area contributed by atoms with Crippen LogP contribution in [0.5, 0.6) is 11.5 Å². The summed E-state index contributed by atoms with van der Waals surface area (Å²) in [5.74, 6) is 2.07. The van der Waals surface area contributed by atoms with Gasteiger partial charge in [-0.05, 0) is 67.6 Å². The molecule has 8 nitrogen and oxygen atoms in total. The molecule has 8 heteroatoms. The second-order valence-corrected chi connectivity index (χ2v) is 9.78. The quantitative estimate of drug-likeness (QED) is 0.453. The molecule has 0 unspecified atom stereocenters. The predicted molar refractivity (Wildman–Crippen MR) is 137 cm³/mol. The lowest BCUT2D eigenvalue weighted by Crippen LogP contribution is -2.64. The number of fused-ring (bicyclic) bond motifs is 1. The normalized spacial score (nSPS) is 17.3. The molecule has 1 aromatic carbocycles. The zero-order valence-electron chi connectivity index (χ0n) is 21.7. The highest BCUT2D eigenvalue weighted by Crippen LogP contribution is 2.34. The smallest absolute Gasteiger partial charge is 0.271 e. The first-order valence-corrected chi connectivity index (χ1v) is 12.3. The minimum absolute atomic E-state index is 0.159. The van der Waals surface area contributed by atoms with Gasteiger partial charge < -0.3 is 28.7 Å². The van der Waals surface area contributed by atoms with Gasteiger partial charge in [0, 0.05) is 13.1 Å². The largest absolute Gasteiger partial charge is 0.493 e. The average Bonchev–Trinajstić information content (AvgIpc) is 3.53. The van der Waals surface area contributed by atoms with E-state index in [1.54, 1.807) is 31.4 Å². The van der Waals surface area contributed by atoms with Gasteiger partial charge in [-0.1, -0.05) is 19.9 Å². The van der Waals surface area contributed by atoms with Gasteiger partial charge >= 0.3 is 0 Å². The van der Waals surface area contributed by atoms with Crippen LogP contribution in [0.2, 0.25) is 0 Å². The Balaban J connectivity index is 1.65. The molecule has 0 radical (unpaired) electrons. The third-order valence-electron chi connectivity index (χ3n) is 6.85. The van der Waals surface area contributed by atoms with E-state index in [-0.39, 0.29) is 11.8 Å². The Morgan fingerprint density at radius 2 is 1.86 bits per heavy atom. The van der Waals surface area contributed by atoms with Gasteiger partial charge in [0.2, 0.25) is 5.91 Å². The third kappa shape index (κ3) is 4.85. The summed E-state index contributed by atoms with van der Waals surface area (Å²) in [5, 5.41) is 3.08. The number of aromatic nitrogens is 1. The van der Waals surface area contributed by atoms with Crippen LogP contribution in [0.3, 0.4) is 0 Å². The van der Waals surface area contributed by atoms with E-state index in [4.69, 9.17) is 13.9 Å². The summed E-state index contributed by atoms with van der Waals surface area (Å²) in [6.45, 7) is 7.36. The number of hydrogen-bond donors (Lipinski definition) is 1. The molecule has 0 aliphatic carbocycles. The summed E-state index contributed by atoms with van der Waals surface area (Å²) in [6.07, 6.45) is 3.04. The third-order valence-corrected chi connectivity index (χ3v) is 6.85. The fourth-order valence-electron chi connectivity index (χ4n) is 4.70. The topological polar surface area (TPSA) is 85.9 Å². The maximum Gasteiger partial charge on any atom is 0.271 e. The SMILES string of the molecule is COc1ccc(CCN2C(=O)c3ccc(-c4ccco4)n3C[C@]2(C)C(=O)NCCC(C)C)cc1OC. The summed E-state index contributed by atoms with van der Waals surface area (Å²) in [7, 11) is 3.19. The molecule has 36 heavy (non-hydrogen) atoms. The van der Waals surface area contributed by atoms with Crippen LogP contribution in [0.4, 0.5) is 0 Å². The monoisotopic (exact) mass is 493 g/mol. The Morgan fingerprint density at radius 1 is 1.11 bits per heavy atom. The number of carbonyl (C=O) groups is 2. The fourth-order valence-corrected chi connectivity index (χ4v) is 4.70. The first kappa shape index (κ1) is 25.4. The van der Waals surface area contributed by atoms with Gasteiger partial charge in [-0.3, -0.25) is 9.59 Å². The van der Waals surface area contributed by atoms with Crippen LogP contribution in [0, 0.1) is 5.92 Å². The Kier molecular flexibility index (Phi) is 7.43. The average molecular weight is 494 g/mol. The highest BCUT2D eigenvalue weighted by molar-refractivity contribution is 6.00. The molecule has 3 aromatic rings. The molecule has 0 saturated carbocycles. The Labute approximate surface area is 212 Å². The summed E-state index contributed by atoms with van der Waals surface area (Å²) in [4.78, 5) is 29.1. The number of rotatable bonds is 10. The van der Waals surface area contributed by atoms with E-state index in [0.717, 1.165) is 17.7 Å². The summed E-state index contributed by atoms with van der Waals surface area (Å²) >= 11 is 0. The zero-order valence-corrected chi connectivity index (χ0v) is 21.7. The predicted octanol–water partition coefficient (Wildman–Crippen LogP) is 4.38. The summed E-state index contributed by atoms with van der Waals surface area (Å²) < 4.78 is 18.3. The number of methoxy groups -OCH3 is 2. The van der Waals surface area contributed by atoms with Gasteiger partial charge in [-0.15, -0.1) is 0 Å². The number of hydrogen-bond acceptors (Lipinski definition) is 5. The summed E-state index contributed by atoms with van der Waals surface area (Å²) in [6, 6.07) is 13.1. The van der Waals surface area contributed by atoms with Crippen LogP contribution in [0.1, 0.15) is 43.2 Å². The molecule has 3 heterocycles. The van der Waals surface area contributed by atoms with Crippen molar-refractivity contribution in [3.05, 3.63) is 60.0 Å². The number of ether oxygens (including phenoxy) is 2. The first-order valence-electron chi connectivity index (χ1n) is 12.3. The van der Waals surface area contributed by atoms with Gasteiger partial charge in [0.1, 0.15) is 17.0 Å². The van der Waals surface area contributed by atoms with Crippen LogP contribution < -0.4 is 14.8 Å². The van der Waals surface area contributed by atoms with Crippen LogP contribution in [-0.4, -0.2) is 54.1 Å². The molecule has 0 saturated heterocycles. The maximum absolute atomic E-state index is 13.8. The van der Waals surface area contributed by atoms with E-state index in [9.17, 15) is 9.59 Å². The van der Waals surface area contributed by atoms with Crippen LogP contribution in [0.25, 0.3) is 11.5 Å². The van der Waals surface area contributed by atoms with Gasteiger partial charge in [0.25, 0.3) is 5.91 Å². The molecule has 192 valence electrons. The molecule has 1 N–H and O–H groups in total. The molecule has 2 aromatic heterocycles. The molecule has 1 aliphatic heterocycles. The Bertz CT molecular complexity index is 1210. The number of nitrogens with one attached hydrogen (secondary N) is 1. The van der Waals surface area contributed by atoms with Gasteiger partial charge in [0.05, 0.1) is 32.7 Å². The number of nitrogens with zero attached hydrogens (tertiary/aromatic N) is 2. The van der Waals surface area contributed by atoms with Crippen molar-refractivity contribution >= 4 is 11.8 Å². The number of benzene rings is 1. The second-order valence-electron chi connectivity index (χ2n) is 9.78. The molecular weight excluding hydrogens is 458 g/mol. The van der Waals surface area contributed by atoms with E-state index in [0.29, 0.717) is 54.9 Å². The van der Waals surface area contributed by atoms with Crippen molar-refractivity contribution in [3.63, 3.8) is 0 Å². The Morgan fingerprint density at radius 3 is 2.53 bits per heavy atom. The molecule has 0 spiro atoms. The van der Waals surface area contributed by atoms with Crippen LogP contribution >= 0.6 is 0 Å². The molecular formula is C28H35N3O5. The number of amides is 2. The maximum atomic E-state index is 13.8. The summed E-state index contributed by atoms with van der Waals surface area (Å²) in [5.41, 5.74) is 1.24. The molecule has 1 aliphatic rings. The van der Waals surface area contributed by atoms with Crippen molar-refractivity contribution in [2.75, 3.05) is 27.3 Å². The number of furan rings is 1. The lowest BCUT2D eigenvalue weighted by molar-refractivity contribution is -0.132. The van der Waals surface area contributed by atoms with E-state index < -0.39 is 5.54 Å². The number of carbonyl (C=O) groups excluding carboxylic acids is 2. The van der Waals surface area contributed by atoms with Crippen molar-refractivity contribution in [2.24, 2.45) is 5.92 Å². The molecule has 4 rings (SSSR count). The Hall–Kier alpha value is -3.68. The molecule has 0 fully saturated rings. The molecule has 2 amide bonds. The van der Waals surface area contributed by atoms with Gasteiger partial charge in [-0.25, -0.2) is 0 Å². The lowest BCUT2D eigenvalue weighted by Gasteiger charge is -2.44. The van der Waals surface area contributed by atoms with Crippen molar-refractivity contribution < 1.29 is 23.5 Å². The van der Waals surface area contributed by atoms with Crippen LogP contribution in [0.15, 0.2) is 53.1 Å². The van der Waals surface area contributed by atoms with Gasteiger partial charge in [0.15, 0.2) is 11.5 Å². The standard InChI is InChI=1S/C28H35N3O5/c1-19(2)12-14-29-27(33)28(3)18-30-21(23-7-6-16-36-23)9-10-22(30)26(32)31(28)15-13-20-8-11-24(34-4)25(17-20)35-5/h6-11,16-17,19H,12-15,18H2,1-5H3,(H,29,33)/t28-/m1/s1. The highest BCUT2D eigenvalue weighted by Gasteiger charge is 2.47. The van der Waals surface area contributed by atoms with E-state index in [1.165, 1.54) is 0 Å². The van der Waals surface area contributed by atoms with Crippen molar-refractivity contribution in [1.82, 2.24) is 14.8 Å². The molecule has 0 bridgehead atoms. The molecule has 1 atom stereocenters. The van der Waals surface area contributed by atoms with E-state index >= 15 is 0 Å². The fraction of sp³-hybridized carbons (Fsp3) is 0.429. The highest BCUT2D eigenvalue weighted by atomic mass is 16.5. The van der Waals surface area contributed by atoms with E-state index in [2.05, 4.69) is 19.2 Å². The van der Waals surface area contributed by atoms with Crippen molar-refractivity contribution in [3.8, 4) is 23.0 Å². The second kappa shape index (κ2) is 10.5. The minimum atomic E-state index is -1.07. The van der Waals surface area contributed by atoms with E-state index in [1.807, 2.05) is 47.9 Å². The van der Waals surface area contributed by atoms with Crippen molar-refractivity contribution in [1.29, 1.82) is 0 Å². The zero-order chi connectivity index (χ0) is 25.9. The minimum Gasteiger partial charge on any atom is -0.493 e. The van der Waals surface area contributed by atoms with Crippen LogP contribution in [-0.2, 0) is 17.8 Å². The van der Waals surface area contributed by atoms with Crippen molar-refractivity contribution in [2.45, 2.75) is 45.7 Å².